The molecule has 0 saturated carbocycles. The van der Waals surface area contributed by atoms with Crippen LogP contribution in [-0.2, 0) is 5.41 Å². The van der Waals surface area contributed by atoms with Crippen molar-refractivity contribution in [1.82, 2.24) is 0 Å². The predicted molar refractivity (Wildman–Crippen MR) is 67.6 cm³/mol. The molecule has 0 bridgehead atoms. The Morgan fingerprint density at radius 2 is 2.19 bits per heavy atom. The normalized spacial score (nSPS) is 24.5. The van der Waals surface area contributed by atoms with Crippen molar-refractivity contribution >= 4 is 23.2 Å². The van der Waals surface area contributed by atoms with Gasteiger partial charge >= 0.3 is 0 Å². The molecule has 1 atom stereocenters. The van der Waals surface area contributed by atoms with Crippen LogP contribution in [0.15, 0.2) is 12.1 Å². The second-order valence-corrected chi connectivity index (χ2v) is 5.32. The smallest absolute Gasteiger partial charge is 0.141 e. The molecule has 1 heterocycles. The van der Waals surface area contributed by atoms with Gasteiger partial charge in [0.15, 0.2) is 0 Å². The summed E-state index contributed by atoms with van der Waals surface area (Å²) in [6, 6.07) is 3.63. The zero-order chi connectivity index (χ0) is 11.8. The number of fused-ring (bicyclic) bond motifs is 1. The minimum Gasteiger partial charge on any atom is -0.492 e. The van der Waals surface area contributed by atoms with Gasteiger partial charge in [0.25, 0.3) is 0 Å². The molecule has 1 aliphatic rings. The Hall–Kier alpha value is -0.440. The fourth-order valence-electron chi connectivity index (χ4n) is 2.14. The quantitative estimate of drug-likeness (QED) is 0.840. The molecule has 2 rings (SSSR count). The lowest BCUT2D eigenvalue weighted by molar-refractivity contribution is 0.313. The van der Waals surface area contributed by atoms with Crippen molar-refractivity contribution in [3.63, 3.8) is 0 Å². The van der Waals surface area contributed by atoms with E-state index < -0.39 is 0 Å². The monoisotopic (exact) mass is 259 g/mol. The van der Waals surface area contributed by atoms with Crippen LogP contribution in [0.2, 0.25) is 10.0 Å². The molecule has 0 amide bonds. The molecular formula is C12H15Cl2NO. The van der Waals surface area contributed by atoms with Crippen LogP contribution in [0.5, 0.6) is 5.75 Å². The van der Waals surface area contributed by atoms with Gasteiger partial charge in [-0.05, 0) is 25.0 Å². The van der Waals surface area contributed by atoms with Gasteiger partial charge in [-0.25, -0.2) is 0 Å². The summed E-state index contributed by atoms with van der Waals surface area (Å²) in [5, 5.41) is 1.21. The van der Waals surface area contributed by atoms with Gasteiger partial charge in [0, 0.05) is 22.5 Å². The van der Waals surface area contributed by atoms with E-state index in [4.69, 9.17) is 33.7 Å². The lowest BCUT2D eigenvalue weighted by Crippen LogP contribution is -2.31. The topological polar surface area (TPSA) is 35.2 Å². The van der Waals surface area contributed by atoms with Gasteiger partial charge in [0.1, 0.15) is 5.75 Å². The van der Waals surface area contributed by atoms with Gasteiger partial charge in [0.05, 0.1) is 11.6 Å². The van der Waals surface area contributed by atoms with E-state index in [1.807, 2.05) is 6.07 Å². The van der Waals surface area contributed by atoms with E-state index in [-0.39, 0.29) is 5.41 Å². The summed E-state index contributed by atoms with van der Waals surface area (Å²) < 4.78 is 5.69. The van der Waals surface area contributed by atoms with Crippen molar-refractivity contribution in [2.75, 3.05) is 13.2 Å². The Morgan fingerprint density at radius 3 is 2.88 bits per heavy atom. The van der Waals surface area contributed by atoms with Gasteiger partial charge in [-0.15, -0.1) is 0 Å². The average molecular weight is 260 g/mol. The zero-order valence-corrected chi connectivity index (χ0v) is 10.7. The second-order valence-electron chi connectivity index (χ2n) is 4.48. The molecule has 0 aromatic heterocycles. The molecule has 2 nitrogen and oxygen atoms in total. The number of hydrogen-bond donors (Lipinski definition) is 1. The van der Waals surface area contributed by atoms with Gasteiger partial charge in [0.2, 0.25) is 0 Å². The zero-order valence-electron chi connectivity index (χ0n) is 9.22. The number of halogens is 2. The highest BCUT2D eigenvalue weighted by Gasteiger charge is 2.31. The molecule has 1 aromatic carbocycles. The van der Waals surface area contributed by atoms with E-state index in [2.05, 4.69) is 6.92 Å². The number of hydrogen-bond acceptors (Lipinski definition) is 2. The summed E-state index contributed by atoms with van der Waals surface area (Å²) in [7, 11) is 0. The third-order valence-electron chi connectivity index (χ3n) is 3.23. The average Bonchev–Trinajstić information content (AvgIpc) is 2.40. The van der Waals surface area contributed by atoms with Crippen molar-refractivity contribution in [3.8, 4) is 5.75 Å². The second kappa shape index (κ2) is 4.44. The maximum absolute atomic E-state index is 6.15. The van der Waals surface area contributed by atoms with Crippen molar-refractivity contribution in [2.24, 2.45) is 5.73 Å². The number of nitrogens with two attached hydrogens (primary N) is 1. The van der Waals surface area contributed by atoms with Crippen LogP contribution < -0.4 is 10.5 Å². The summed E-state index contributed by atoms with van der Waals surface area (Å²) in [6.45, 7) is 3.39. The standard InChI is InChI=1S/C12H15Cl2NO/c1-12(7-15)3-2-4-16-11-9(12)5-8(13)6-10(11)14/h5-6H,2-4,7,15H2,1H3. The summed E-state index contributed by atoms with van der Waals surface area (Å²) in [5.41, 5.74) is 6.82. The Bertz CT molecular complexity index is 408. The van der Waals surface area contributed by atoms with E-state index in [9.17, 15) is 0 Å². The fraction of sp³-hybridized carbons (Fsp3) is 0.500. The molecule has 0 fully saturated rings. The first kappa shape index (κ1) is 12.0. The lowest BCUT2D eigenvalue weighted by atomic mass is 9.78. The van der Waals surface area contributed by atoms with Crippen LogP contribution in [0.4, 0.5) is 0 Å². The Kier molecular flexibility index (Phi) is 3.34. The number of rotatable bonds is 1. The van der Waals surface area contributed by atoms with Crippen LogP contribution in [0.25, 0.3) is 0 Å². The van der Waals surface area contributed by atoms with Crippen LogP contribution in [-0.4, -0.2) is 13.2 Å². The van der Waals surface area contributed by atoms with Crippen LogP contribution in [0.1, 0.15) is 25.3 Å². The maximum Gasteiger partial charge on any atom is 0.141 e. The Labute approximate surface area is 106 Å². The molecule has 1 aliphatic heterocycles. The van der Waals surface area contributed by atoms with Crippen LogP contribution >= 0.6 is 23.2 Å². The number of ether oxygens (including phenoxy) is 1. The first-order chi connectivity index (χ1) is 7.57. The summed E-state index contributed by atoms with van der Waals surface area (Å²) in [5.74, 6) is 0.747. The largest absolute Gasteiger partial charge is 0.492 e. The third-order valence-corrected chi connectivity index (χ3v) is 3.73. The molecule has 88 valence electrons. The van der Waals surface area contributed by atoms with Crippen LogP contribution in [0.3, 0.4) is 0 Å². The maximum atomic E-state index is 6.15. The van der Waals surface area contributed by atoms with E-state index in [0.29, 0.717) is 23.2 Å². The van der Waals surface area contributed by atoms with E-state index in [0.717, 1.165) is 24.2 Å². The molecule has 4 heteroatoms. The molecule has 0 aliphatic carbocycles. The fourth-order valence-corrected chi connectivity index (χ4v) is 2.69. The molecule has 1 unspecified atom stereocenters. The van der Waals surface area contributed by atoms with Crippen molar-refractivity contribution < 1.29 is 4.74 Å². The molecule has 1 aromatic rings. The SMILES string of the molecule is CC1(CN)CCCOc2c(Cl)cc(Cl)cc21. The van der Waals surface area contributed by atoms with E-state index >= 15 is 0 Å². The van der Waals surface area contributed by atoms with Gasteiger partial charge in [-0.2, -0.15) is 0 Å². The molecule has 0 radical (unpaired) electrons. The molecular weight excluding hydrogens is 245 g/mol. The third kappa shape index (κ3) is 2.02. The summed E-state index contributed by atoms with van der Waals surface area (Å²) in [4.78, 5) is 0. The highest BCUT2D eigenvalue weighted by molar-refractivity contribution is 6.35. The van der Waals surface area contributed by atoms with Crippen LogP contribution in [0, 0.1) is 0 Å². The number of benzene rings is 1. The lowest BCUT2D eigenvalue weighted by Gasteiger charge is -2.28. The first-order valence-corrected chi connectivity index (χ1v) is 6.15. The molecule has 0 spiro atoms. The first-order valence-electron chi connectivity index (χ1n) is 5.39. The minimum absolute atomic E-state index is 0.0969. The van der Waals surface area contributed by atoms with Crippen molar-refractivity contribution in [1.29, 1.82) is 0 Å². The molecule has 0 saturated heterocycles. The van der Waals surface area contributed by atoms with Gasteiger partial charge in [-0.1, -0.05) is 30.1 Å². The predicted octanol–water partition coefficient (Wildman–Crippen LogP) is 3.38. The van der Waals surface area contributed by atoms with E-state index in [1.54, 1.807) is 6.07 Å². The minimum atomic E-state index is -0.0969. The Morgan fingerprint density at radius 1 is 1.44 bits per heavy atom. The highest BCUT2D eigenvalue weighted by Crippen LogP contribution is 2.43. The van der Waals surface area contributed by atoms with E-state index in [1.165, 1.54) is 0 Å². The summed E-state index contributed by atoms with van der Waals surface area (Å²) >= 11 is 12.2. The van der Waals surface area contributed by atoms with Crippen molar-refractivity contribution in [3.05, 3.63) is 27.7 Å². The Balaban J connectivity index is 2.60. The highest BCUT2D eigenvalue weighted by atomic mass is 35.5. The molecule has 16 heavy (non-hydrogen) atoms. The van der Waals surface area contributed by atoms with Crippen molar-refractivity contribution in [2.45, 2.75) is 25.2 Å². The summed E-state index contributed by atoms with van der Waals surface area (Å²) in [6.07, 6.45) is 1.98. The molecule has 2 N–H and O–H groups in total. The van der Waals surface area contributed by atoms with Gasteiger partial charge in [-0.3, -0.25) is 0 Å². The van der Waals surface area contributed by atoms with Gasteiger partial charge < -0.3 is 10.5 Å².